The molecule has 0 atom stereocenters. The van der Waals surface area contributed by atoms with Gasteiger partial charge < -0.3 is 4.74 Å². The van der Waals surface area contributed by atoms with Gasteiger partial charge in [-0.25, -0.2) is 9.48 Å². The minimum absolute atomic E-state index is 0.306. The van der Waals surface area contributed by atoms with Crippen LogP contribution in [0.2, 0.25) is 0 Å². The number of esters is 1. The summed E-state index contributed by atoms with van der Waals surface area (Å²) in [4.78, 5) is 12.1. The lowest BCUT2D eigenvalue weighted by molar-refractivity contribution is 0.0515. The fourth-order valence-electron chi connectivity index (χ4n) is 1.94. The van der Waals surface area contributed by atoms with Crippen LogP contribution in [0.5, 0.6) is 0 Å². The molecule has 0 radical (unpaired) electrons. The predicted molar refractivity (Wildman–Crippen MR) is 73.7 cm³/mol. The van der Waals surface area contributed by atoms with Gasteiger partial charge in [-0.05, 0) is 39.0 Å². The van der Waals surface area contributed by atoms with Crippen LogP contribution in [0.1, 0.15) is 34.2 Å². The van der Waals surface area contributed by atoms with Gasteiger partial charge in [0.15, 0.2) is 5.69 Å². The van der Waals surface area contributed by atoms with Gasteiger partial charge in [-0.2, -0.15) is 10.4 Å². The summed E-state index contributed by atoms with van der Waals surface area (Å²) in [5.74, 6) is -0.409. The van der Waals surface area contributed by atoms with E-state index in [1.54, 1.807) is 31.2 Å². The zero-order valence-corrected chi connectivity index (χ0v) is 11.7. The standard InChI is InChI=1S/C15H15N3O2/c1-4-20-15(19)14-10(2)11(3)17-18(14)13-7-5-6-12(8-13)9-16/h5-8H,4H2,1-3H3. The number of hydrogen-bond acceptors (Lipinski definition) is 4. The molecule has 0 amide bonds. The lowest BCUT2D eigenvalue weighted by Gasteiger charge is -2.08. The van der Waals surface area contributed by atoms with Gasteiger partial charge in [0.05, 0.1) is 29.6 Å². The molecule has 0 saturated carbocycles. The van der Waals surface area contributed by atoms with Gasteiger partial charge in [0.25, 0.3) is 0 Å². The molecular formula is C15H15N3O2. The van der Waals surface area contributed by atoms with Crippen LogP contribution in [0.25, 0.3) is 5.69 Å². The molecule has 0 saturated heterocycles. The van der Waals surface area contributed by atoms with Gasteiger partial charge in [-0.1, -0.05) is 6.07 Å². The van der Waals surface area contributed by atoms with Crippen LogP contribution in [0, 0.1) is 25.2 Å². The first-order valence-corrected chi connectivity index (χ1v) is 6.32. The highest BCUT2D eigenvalue weighted by Gasteiger charge is 2.21. The second-order valence-electron chi connectivity index (χ2n) is 4.35. The van der Waals surface area contributed by atoms with Crippen LogP contribution in [0.4, 0.5) is 0 Å². The van der Waals surface area contributed by atoms with Gasteiger partial charge in [-0.3, -0.25) is 0 Å². The van der Waals surface area contributed by atoms with Crippen molar-refractivity contribution in [1.82, 2.24) is 9.78 Å². The number of nitriles is 1. The Morgan fingerprint density at radius 1 is 1.45 bits per heavy atom. The smallest absolute Gasteiger partial charge is 0.357 e. The molecule has 1 heterocycles. The Morgan fingerprint density at radius 2 is 2.20 bits per heavy atom. The molecule has 2 rings (SSSR count). The molecule has 5 nitrogen and oxygen atoms in total. The Labute approximate surface area is 117 Å². The Balaban J connectivity index is 2.59. The molecule has 0 N–H and O–H groups in total. The Morgan fingerprint density at radius 3 is 2.85 bits per heavy atom. The molecule has 2 aromatic rings. The minimum atomic E-state index is -0.409. The first kappa shape index (κ1) is 13.8. The molecule has 0 unspecified atom stereocenters. The van der Waals surface area contributed by atoms with Crippen molar-refractivity contribution < 1.29 is 9.53 Å². The van der Waals surface area contributed by atoms with Crippen molar-refractivity contribution in [3.05, 3.63) is 46.8 Å². The van der Waals surface area contributed by atoms with E-state index in [-0.39, 0.29) is 0 Å². The summed E-state index contributed by atoms with van der Waals surface area (Å²) in [7, 11) is 0. The fraction of sp³-hybridized carbons (Fsp3) is 0.267. The number of aryl methyl sites for hydroxylation is 1. The normalized spacial score (nSPS) is 10.1. The van der Waals surface area contributed by atoms with E-state index in [1.807, 2.05) is 13.8 Å². The lowest BCUT2D eigenvalue weighted by atomic mass is 10.2. The molecule has 0 aliphatic carbocycles. The number of hydrogen-bond donors (Lipinski definition) is 0. The van der Waals surface area contributed by atoms with E-state index < -0.39 is 5.97 Å². The Bertz CT molecular complexity index is 696. The van der Waals surface area contributed by atoms with E-state index >= 15 is 0 Å². The van der Waals surface area contributed by atoms with Crippen molar-refractivity contribution in [1.29, 1.82) is 5.26 Å². The summed E-state index contributed by atoms with van der Waals surface area (Å²) >= 11 is 0. The summed E-state index contributed by atoms with van der Waals surface area (Å²) in [5.41, 5.74) is 3.13. The zero-order chi connectivity index (χ0) is 14.7. The van der Waals surface area contributed by atoms with Gasteiger partial charge in [0.1, 0.15) is 0 Å². The van der Waals surface area contributed by atoms with Crippen LogP contribution >= 0.6 is 0 Å². The highest BCUT2D eigenvalue weighted by molar-refractivity contribution is 5.90. The molecule has 0 bridgehead atoms. The maximum absolute atomic E-state index is 12.1. The molecule has 1 aromatic heterocycles. The van der Waals surface area contributed by atoms with E-state index in [0.29, 0.717) is 23.6 Å². The summed E-state index contributed by atoms with van der Waals surface area (Å²) in [6, 6.07) is 9.03. The average Bonchev–Trinajstić information content (AvgIpc) is 2.75. The first-order valence-electron chi connectivity index (χ1n) is 6.32. The third-order valence-corrected chi connectivity index (χ3v) is 3.05. The maximum Gasteiger partial charge on any atom is 0.357 e. The van der Waals surface area contributed by atoms with Crippen molar-refractivity contribution in [2.24, 2.45) is 0 Å². The number of carbonyl (C=O) groups excluding carboxylic acids is 1. The number of ether oxygens (including phenoxy) is 1. The van der Waals surface area contributed by atoms with Crippen LogP contribution in [0.3, 0.4) is 0 Å². The van der Waals surface area contributed by atoms with Gasteiger partial charge in [-0.15, -0.1) is 0 Å². The summed E-state index contributed by atoms with van der Waals surface area (Å²) in [6.07, 6.45) is 0. The molecule has 102 valence electrons. The third-order valence-electron chi connectivity index (χ3n) is 3.05. The Kier molecular flexibility index (Phi) is 3.85. The van der Waals surface area contributed by atoms with E-state index in [0.717, 1.165) is 11.3 Å². The number of rotatable bonds is 3. The van der Waals surface area contributed by atoms with Crippen molar-refractivity contribution in [2.75, 3.05) is 6.61 Å². The molecule has 0 aliphatic rings. The molecule has 0 fully saturated rings. The van der Waals surface area contributed by atoms with Gasteiger partial charge >= 0.3 is 5.97 Å². The monoisotopic (exact) mass is 269 g/mol. The molecular weight excluding hydrogens is 254 g/mol. The summed E-state index contributed by atoms with van der Waals surface area (Å²) in [6.45, 7) is 5.74. The van der Waals surface area contributed by atoms with Crippen LogP contribution in [0.15, 0.2) is 24.3 Å². The number of carbonyl (C=O) groups is 1. The topological polar surface area (TPSA) is 67.9 Å². The largest absolute Gasteiger partial charge is 0.461 e. The van der Waals surface area contributed by atoms with Crippen molar-refractivity contribution >= 4 is 5.97 Å². The van der Waals surface area contributed by atoms with E-state index in [2.05, 4.69) is 11.2 Å². The van der Waals surface area contributed by atoms with E-state index in [9.17, 15) is 4.79 Å². The fourth-order valence-corrected chi connectivity index (χ4v) is 1.94. The predicted octanol–water partition coefficient (Wildman–Crippen LogP) is 2.54. The van der Waals surface area contributed by atoms with Gasteiger partial charge in [0, 0.05) is 5.56 Å². The Hall–Kier alpha value is -2.61. The van der Waals surface area contributed by atoms with E-state index in [1.165, 1.54) is 4.68 Å². The highest BCUT2D eigenvalue weighted by Crippen LogP contribution is 2.19. The van der Waals surface area contributed by atoms with Crippen molar-refractivity contribution in [3.63, 3.8) is 0 Å². The van der Waals surface area contributed by atoms with Crippen LogP contribution in [-0.2, 0) is 4.74 Å². The summed E-state index contributed by atoms with van der Waals surface area (Å²) < 4.78 is 6.61. The second kappa shape index (κ2) is 5.57. The quantitative estimate of drug-likeness (QED) is 0.803. The average molecular weight is 269 g/mol. The zero-order valence-electron chi connectivity index (χ0n) is 11.7. The van der Waals surface area contributed by atoms with Crippen molar-refractivity contribution in [2.45, 2.75) is 20.8 Å². The second-order valence-corrected chi connectivity index (χ2v) is 4.35. The molecule has 20 heavy (non-hydrogen) atoms. The minimum Gasteiger partial charge on any atom is -0.461 e. The van der Waals surface area contributed by atoms with Crippen LogP contribution in [-0.4, -0.2) is 22.4 Å². The highest BCUT2D eigenvalue weighted by atomic mass is 16.5. The maximum atomic E-state index is 12.1. The number of benzene rings is 1. The third kappa shape index (κ3) is 2.41. The number of aromatic nitrogens is 2. The van der Waals surface area contributed by atoms with Gasteiger partial charge in [0.2, 0.25) is 0 Å². The molecule has 1 aromatic carbocycles. The molecule has 0 aliphatic heterocycles. The SMILES string of the molecule is CCOC(=O)c1c(C)c(C)nn1-c1cccc(C#N)c1. The first-order chi connectivity index (χ1) is 9.58. The van der Waals surface area contributed by atoms with Crippen molar-refractivity contribution in [3.8, 4) is 11.8 Å². The van der Waals surface area contributed by atoms with E-state index in [4.69, 9.17) is 10.00 Å². The summed E-state index contributed by atoms with van der Waals surface area (Å²) in [5, 5.41) is 13.3. The van der Waals surface area contributed by atoms with Crippen LogP contribution < -0.4 is 0 Å². The molecule has 0 spiro atoms. The number of nitrogens with zero attached hydrogens (tertiary/aromatic N) is 3. The lowest BCUT2D eigenvalue weighted by Crippen LogP contribution is -2.13. The molecule has 5 heteroatoms.